The van der Waals surface area contributed by atoms with Crippen LogP contribution < -0.4 is 4.90 Å². The Balaban J connectivity index is 1.92. The number of rotatable bonds is 3. The molecule has 1 aliphatic rings. The average Bonchev–Trinajstić information content (AvgIpc) is 2.96. The lowest BCUT2D eigenvalue weighted by Crippen LogP contribution is -2.27. The van der Waals surface area contributed by atoms with Crippen LogP contribution in [0.15, 0.2) is 48.5 Å². The SMILES string of the molecule is COC(=O)c1ccc(N2C(=O)CSC2c2cccc(F)c2)cc1. The molecule has 0 spiro atoms. The third kappa shape index (κ3) is 3.07. The Labute approximate surface area is 137 Å². The molecule has 1 heterocycles. The summed E-state index contributed by atoms with van der Waals surface area (Å²) in [5.74, 6) is -0.473. The van der Waals surface area contributed by atoms with Crippen LogP contribution in [0.25, 0.3) is 0 Å². The van der Waals surface area contributed by atoms with E-state index in [1.165, 1.54) is 31.0 Å². The highest BCUT2D eigenvalue weighted by Crippen LogP contribution is 2.41. The number of benzene rings is 2. The molecule has 23 heavy (non-hydrogen) atoms. The summed E-state index contributed by atoms with van der Waals surface area (Å²) in [7, 11) is 1.32. The van der Waals surface area contributed by atoms with Crippen molar-refractivity contribution in [1.82, 2.24) is 0 Å². The number of amides is 1. The van der Waals surface area contributed by atoms with Gasteiger partial charge in [0.05, 0.1) is 18.4 Å². The van der Waals surface area contributed by atoms with E-state index in [9.17, 15) is 14.0 Å². The molecule has 0 radical (unpaired) electrons. The van der Waals surface area contributed by atoms with Crippen LogP contribution in [0, 0.1) is 5.82 Å². The highest BCUT2D eigenvalue weighted by Gasteiger charge is 2.34. The zero-order valence-corrected chi connectivity index (χ0v) is 13.2. The first-order valence-electron chi connectivity index (χ1n) is 6.97. The Morgan fingerprint density at radius 1 is 1.26 bits per heavy atom. The minimum atomic E-state index is -0.430. The Bertz CT molecular complexity index is 748. The van der Waals surface area contributed by atoms with E-state index in [1.54, 1.807) is 41.3 Å². The lowest BCUT2D eigenvalue weighted by Gasteiger charge is -2.24. The van der Waals surface area contributed by atoms with Gasteiger partial charge < -0.3 is 4.74 Å². The number of carbonyl (C=O) groups is 2. The number of anilines is 1. The van der Waals surface area contributed by atoms with Gasteiger partial charge in [0.25, 0.3) is 0 Å². The minimum absolute atomic E-state index is 0.0462. The summed E-state index contributed by atoms with van der Waals surface area (Å²) in [6.07, 6.45) is 0. The molecule has 4 nitrogen and oxygen atoms in total. The normalized spacial score (nSPS) is 17.4. The quantitative estimate of drug-likeness (QED) is 0.809. The molecule has 0 bridgehead atoms. The van der Waals surface area contributed by atoms with Gasteiger partial charge >= 0.3 is 5.97 Å². The van der Waals surface area contributed by atoms with Crippen molar-refractivity contribution in [3.63, 3.8) is 0 Å². The second kappa shape index (κ2) is 6.42. The molecular weight excluding hydrogens is 317 g/mol. The molecule has 118 valence electrons. The molecule has 1 amide bonds. The first-order valence-corrected chi connectivity index (χ1v) is 8.02. The Morgan fingerprint density at radius 3 is 2.65 bits per heavy atom. The fraction of sp³-hybridized carbons (Fsp3) is 0.176. The molecule has 1 atom stereocenters. The monoisotopic (exact) mass is 331 g/mol. The average molecular weight is 331 g/mol. The largest absolute Gasteiger partial charge is 0.465 e. The molecule has 1 fully saturated rings. The Kier molecular flexibility index (Phi) is 4.34. The Morgan fingerprint density at radius 2 is 2.00 bits per heavy atom. The van der Waals surface area contributed by atoms with Crippen molar-refractivity contribution in [2.24, 2.45) is 0 Å². The van der Waals surface area contributed by atoms with E-state index in [0.717, 1.165) is 5.56 Å². The number of hydrogen-bond donors (Lipinski definition) is 0. The van der Waals surface area contributed by atoms with Gasteiger partial charge in [-0.2, -0.15) is 0 Å². The van der Waals surface area contributed by atoms with Crippen LogP contribution >= 0.6 is 11.8 Å². The van der Waals surface area contributed by atoms with Gasteiger partial charge in [0, 0.05) is 5.69 Å². The van der Waals surface area contributed by atoms with Gasteiger partial charge in [-0.25, -0.2) is 9.18 Å². The summed E-state index contributed by atoms with van der Waals surface area (Å²) < 4.78 is 18.1. The van der Waals surface area contributed by atoms with Gasteiger partial charge in [-0.05, 0) is 42.0 Å². The first kappa shape index (κ1) is 15.6. The fourth-order valence-electron chi connectivity index (χ4n) is 2.49. The molecule has 6 heteroatoms. The molecule has 3 rings (SSSR count). The van der Waals surface area contributed by atoms with Gasteiger partial charge in [0.15, 0.2) is 0 Å². The number of ether oxygens (including phenoxy) is 1. The van der Waals surface area contributed by atoms with E-state index < -0.39 is 5.97 Å². The van der Waals surface area contributed by atoms with E-state index in [4.69, 9.17) is 0 Å². The number of nitrogens with zero attached hydrogens (tertiary/aromatic N) is 1. The van der Waals surface area contributed by atoms with Gasteiger partial charge in [0.1, 0.15) is 11.2 Å². The highest BCUT2D eigenvalue weighted by molar-refractivity contribution is 8.00. The third-order valence-corrected chi connectivity index (χ3v) is 4.78. The van der Waals surface area contributed by atoms with E-state index in [2.05, 4.69) is 4.74 Å². The summed E-state index contributed by atoms with van der Waals surface area (Å²) in [5.41, 5.74) is 1.82. The summed E-state index contributed by atoms with van der Waals surface area (Å²) in [6, 6.07) is 12.9. The van der Waals surface area contributed by atoms with Crippen LogP contribution in [0.3, 0.4) is 0 Å². The van der Waals surface area contributed by atoms with Crippen molar-refractivity contribution >= 4 is 29.3 Å². The van der Waals surface area contributed by atoms with E-state index in [0.29, 0.717) is 17.0 Å². The number of carbonyl (C=O) groups excluding carboxylic acids is 2. The van der Waals surface area contributed by atoms with Crippen molar-refractivity contribution in [3.05, 3.63) is 65.5 Å². The van der Waals surface area contributed by atoms with Crippen molar-refractivity contribution < 1.29 is 18.7 Å². The van der Waals surface area contributed by atoms with Crippen LogP contribution in [0.1, 0.15) is 21.3 Å². The van der Waals surface area contributed by atoms with Crippen molar-refractivity contribution in [3.8, 4) is 0 Å². The van der Waals surface area contributed by atoms with E-state index in [-0.39, 0.29) is 17.1 Å². The molecule has 0 N–H and O–H groups in total. The molecule has 1 aliphatic heterocycles. The maximum atomic E-state index is 13.5. The summed E-state index contributed by atoms with van der Waals surface area (Å²) in [4.78, 5) is 25.3. The van der Waals surface area contributed by atoms with E-state index in [1.807, 2.05) is 0 Å². The van der Waals surface area contributed by atoms with Crippen molar-refractivity contribution in [2.45, 2.75) is 5.37 Å². The lowest BCUT2D eigenvalue weighted by molar-refractivity contribution is -0.115. The highest BCUT2D eigenvalue weighted by atomic mass is 32.2. The molecule has 2 aromatic rings. The topological polar surface area (TPSA) is 46.6 Å². The number of methoxy groups -OCH3 is 1. The van der Waals surface area contributed by atoms with Crippen LogP contribution in [-0.2, 0) is 9.53 Å². The third-order valence-electron chi connectivity index (χ3n) is 3.57. The molecule has 0 aromatic heterocycles. The van der Waals surface area contributed by atoms with Gasteiger partial charge in [-0.3, -0.25) is 9.69 Å². The van der Waals surface area contributed by atoms with Crippen LogP contribution in [0.4, 0.5) is 10.1 Å². The molecule has 1 unspecified atom stereocenters. The van der Waals surface area contributed by atoms with E-state index >= 15 is 0 Å². The van der Waals surface area contributed by atoms with Crippen molar-refractivity contribution in [2.75, 3.05) is 17.8 Å². The number of hydrogen-bond acceptors (Lipinski definition) is 4. The zero-order chi connectivity index (χ0) is 16.4. The molecule has 1 saturated heterocycles. The maximum absolute atomic E-state index is 13.5. The smallest absolute Gasteiger partial charge is 0.337 e. The maximum Gasteiger partial charge on any atom is 0.337 e. The van der Waals surface area contributed by atoms with Crippen LogP contribution in [-0.4, -0.2) is 24.7 Å². The number of thioether (sulfide) groups is 1. The standard InChI is InChI=1S/C17H14FNO3S/c1-22-17(21)11-5-7-14(8-6-11)19-15(20)10-23-16(19)12-3-2-4-13(18)9-12/h2-9,16H,10H2,1H3. The van der Waals surface area contributed by atoms with Gasteiger partial charge in [-0.15, -0.1) is 11.8 Å². The summed E-state index contributed by atoms with van der Waals surface area (Å²) in [5, 5.41) is -0.276. The molecular formula is C17H14FNO3S. The summed E-state index contributed by atoms with van der Waals surface area (Å²) in [6.45, 7) is 0. The molecule has 2 aromatic carbocycles. The lowest BCUT2D eigenvalue weighted by atomic mass is 10.1. The Hall–Kier alpha value is -2.34. The molecule has 0 saturated carbocycles. The number of halogens is 1. The predicted octanol–water partition coefficient (Wildman–Crippen LogP) is 3.39. The van der Waals surface area contributed by atoms with Crippen molar-refractivity contribution in [1.29, 1.82) is 0 Å². The van der Waals surface area contributed by atoms with Crippen LogP contribution in [0.2, 0.25) is 0 Å². The predicted molar refractivity (Wildman–Crippen MR) is 86.9 cm³/mol. The second-order valence-electron chi connectivity index (χ2n) is 5.02. The second-order valence-corrected chi connectivity index (χ2v) is 6.09. The summed E-state index contributed by atoms with van der Waals surface area (Å²) >= 11 is 1.45. The fourth-order valence-corrected chi connectivity index (χ4v) is 3.65. The van der Waals surface area contributed by atoms with Crippen LogP contribution in [0.5, 0.6) is 0 Å². The zero-order valence-electron chi connectivity index (χ0n) is 12.4. The minimum Gasteiger partial charge on any atom is -0.465 e. The van der Waals surface area contributed by atoms with Gasteiger partial charge in [-0.1, -0.05) is 12.1 Å². The number of esters is 1. The first-order chi connectivity index (χ1) is 11.1. The van der Waals surface area contributed by atoms with Gasteiger partial charge in [0.2, 0.25) is 5.91 Å². The molecule has 0 aliphatic carbocycles.